The molecule has 1 fully saturated rings. The maximum atomic E-state index is 8.74. The third-order valence-corrected chi connectivity index (χ3v) is 5.50. The number of fused-ring (bicyclic) bond motifs is 1. The second-order valence-corrected chi connectivity index (χ2v) is 7.09. The molecule has 0 saturated carbocycles. The van der Waals surface area contributed by atoms with Gasteiger partial charge >= 0.3 is 0 Å². The highest BCUT2D eigenvalue weighted by Gasteiger charge is 2.16. The molecule has 4 heterocycles. The van der Waals surface area contributed by atoms with Gasteiger partial charge in [0.05, 0.1) is 24.9 Å². The van der Waals surface area contributed by atoms with E-state index in [1.54, 1.807) is 0 Å². The predicted molar refractivity (Wildman–Crippen MR) is 104 cm³/mol. The summed E-state index contributed by atoms with van der Waals surface area (Å²) in [6.45, 7) is 10.1. The summed E-state index contributed by atoms with van der Waals surface area (Å²) in [5, 5.41) is 9.69. The van der Waals surface area contributed by atoms with Gasteiger partial charge < -0.3 is 13.9 Å². The van der Waals surface area contributed by atoms with E-state index in [2.05, 4.69) is 28.3 Å². The Bertz CT molecular complexity index is 985. The number of nitrogens with one attached hydrogen (secondary N) is 1. The molecule has 7 nitrogen and oxygen atoms in total. The topological polar surface area (TPSA) is 72.0 Å². The third-order valence-electron chi connectivity index (χ3n) is 5.50. The lowest BCUT2D eigenvalue weighted by Crippen LogP contribution is -2.39. The van der Waals surface area contributed by atoms with Crippen LogP contribution in [0.3, 0.4) is 0 Å². The van der Waals surface area contributed by atoms with E-state index in [0.717, 1.165) is 68.2 Å². The molecular weight excluding hydrogens is 340 g/mol. The van der Waals surface area contributed by atoms with Gasteiger partial charge in [-0.15, -0.1) is 0 Å². The van der Waals surface area contributed by atoms with Crippen molar-refractivity contribution in [3.63, 3.8) is 0 Å². The van der Waals surface area contributed by atoms with Gasteiger partial charge in [-0.2, -0.15) is 0 Å². The summed E-state index contributed by atoms with van der Waals surface area (Å²) in [7, 11) is 0. The minimum atomic E-state index is 0.544. The van der Waals surface area contributed by atoms with Crippen LogP contribution in [0.4, 0.5) is 0 Å². The number of hydrogen-bond donors (Lipinski definition) is 1. The molecule has 1 aliphatic heterocycles. The summed E-state index contributed by atoms with van der Waals surface area (Å²) in [6, 6.07) is 4.04. The van der Waals surface area contributed by atoms with Crippen LogP contribution in [0.15, 0.2) is 30.9 Å². The number of pyridine rings is 1. The molecule has 0 spiro atoms. The van der Waals surface area contributed by atoms with Crippen LogP contribution < -0.4 is 5.49 Å². The van der Waals surface area contributed by atoms with Gasteiger partial charge in [-0.25, -0.2) is 4.98 Å². The Morgan fingerprint density at radius 3 is 2.59 bits per heavy atom. The lowest BCUT2D eigenvalue weighted by atomic mass is 10.2. The molecule has 0 radical (unpaired) electrons. The van der Waals surface area contributed by atoms with E-state index < -0.39 is 0 Å². The minimum absolute atomic E-state index is 0.544. The van der Waals surface area contributed by atoms with Crippen molar-refractivity contribution in [2.24, 2.45) is 0 Å². The fourth-order valence-electron chi connectivity index (χ4n) is 3.70. The molecule has 7 heteroatoms. The summed E-state index contributed by atoms with van der Waals surface area (Å²) in [6.07, 6.45) is 5.44. The van der Waals surface area contributed by atoms with E-state index in [0.29, 0.717) is 5.49 Å². The van der Waals surface area contributed by atoms with Crippen molar-refractivity contribution in [3.8, 4) is 0 Å². The molecule has 0 aromatic carbocycles. The molecule has 3 aromatic heterocycles. The first-order valence-electron chi connectivity index (χ1n) is 9.43. The summed E-state index contributed by atoms with van der Waals surface area (Å²) in [5.74, 6) is 0. The Labute approximate surface area is 158 Å². The fourth-order valence-corrected chi connectivity index (χ4v) is 3.70. The monoisotopic (exact) mass is 366 g/mol. The van der Waals surface area contributed by atoms with Crippen molar-refractivity contribution >= 4 is 11.0 Å². The fraction of sp³-hybridized carbons (Fsp3) is 0.450. The van der Waals surface area contributed by atoms with Gasteiger partial charge in [-0.1, -0.05) is 0 Å². The number of aryl methyl sites for hydroxylation is 1. The zero-order valence-electron chi connectivity index (χ0n) is 16.0. The van der Waals surface area contributed by atoms with Crippen LogP contribution >= 0.6 is 0 Å². The van der Waals surface area contributed by atoms with Crippen molar-refractivity contribution in [2.75, 3.05) is 32.8 Å². The first kappa shape index (κ1) is 17.9. The van der Waals surface area contributed by atoms with Crippen LogP contribution in [-0.4, -0.2) is 56.9 Å². The second-order valence-electron chi connectivity index (χ2n) is 7.09. The summed E-state index contributed by atoms with van der Waals surface area (Å²) >= 11 is 0. The van der Waals surface area contributed by atoms with Crippen molar-refractivity contribution in [1.29, 1.82) is 5.41 Å². The number of nitrogens with zero attached hydrogens (tertiary/aromatic N) is 5. The highest BCUT2D eigenvalue weighted by atomic mass is 16.5. The van der Waals surface area contributed by atoms with Gasteiger partial charge in [-0.05, 0) is 37.1 Å². The molecule has 1 aliphatic rings. The first-order chi connectivity index (χ1) is 13.1. The average molecular weight is 366 g/mol. The van der Waals surface area contributed by atoms with Gasteiger partial charge in [-0.3, -0.25) is 15.3 Å². The molecular formula is C20H26N6O. The third kappa shape index (κ3) is 3.52. The quantitative estimate of drug-likeness (QED) is 0.746. The van der Waals surface area contributed by atoms with E-state index >= 15 is 0 Å². The van der Waals surface area contributed by atoms with E-state index in [9.17, 15) is 0 Å². The van der Waals surface area contributed by atoms with Crippen LogP contribution in [0, 0.1) is 19.3 Å². The van der Waals surface area contributed by atoms with Crippen molar-refractivity contribution < 1.29 is 4.74 Å². The lowest BCUT2D eigenvalue weighted by molar-refractivity contribution is 0.0362. The number of hydrogen-bond acceptors (Lipinski definition) is 5. The maximum absolute atomic E-state index is 8.74. The Morgan fingerprint density at radius 2 is 1.85 bits per heavy atom. The van der Waals surface area contributed by atoms with Crippen molar-refractivity contribution in [1.82, 2.24) is 24.0 Å². The normalized spacial score (nSPS) is 15.5. The first-order valence-corrected chi connectivity index (χ1v) is 9.43. The van der Waals surface area contributed by atoms with E-state index in [-0.39, 0.29) is 0 Å². The molecule has 142 valence electrons. The molecule has 0 amide bonds. The van der Waals surface area contributed by atoms with Crippen LogP contribution in [0.1, 0.15) is 16.8 Å². The zero-order chi connectivity index (χ0) is 18.8. The SMILES string of the molecule is Cc1c(C)n(Cc2ccncc2)c2ncn(CCN3CCOCC3)c(=N)c12. The smallest absolute Gasteiger partial charge is 0.146 e. The summed E-state index contributed by atoms with van der Waals surface area (Å²) < 4.78 is 9.57. The lowest BCUT2D eigenvalue weighted by Gasteiger charge is -2.26. The van der Waals surface area contributed by atoms with Gasteiger partial charge in [0, 0.05) is 50.8 Å². The Kier molecular flexibility index (Phi) is 5.05. The molecule has 3 aromatic rings. The second kappa shape index (κ2) is 7.62. The molecule has 27 heavy (non-hydrogen) atoms. The van der Waals surface area contributed by atoms with Crippen LogP contribution in [0.2, 0.25) is 0 Å². The molecule has 1 N–H and O–H groups in total. The largest absolute Gasteiger partial charge is 0.379 e. The highest BCUT2D eigenvalue weighted by molar-refractivity contribution is 5.80. The standard InChI is InChI=1S/C20H26N6O/c1-15-16(2)26(13-17-3-5-22-6-4-17)20-18(15)19(21)25(14-23-20)8-7-24-9-11-27-12-10-24/h3-6,14,21H,7-13H2,1-2H3. The van der Waals surface area contributed by atoms with Crippen LogP contribution in [0.25, 0.3) is 11.0 Å². The Hall–Kier alpha value is -2.51. The molecule has 1 saturated heterocycles. The number of ether oxygens (including phenoxy) is 1. The van der Waals surface area contributed by atoms with Crippen LogP contribution in [-0.2, 0) is 17.8 Å². The minimum Gasteiger partial charge on any atom is -0.379 e. The summed E-state index contributed by atoms with van der Waals surface area (Å²) in [5.41, 5.74) is 4.91. The predicted octanol–water partition coefficient (Wildman–Crippen LogP) is 1.71. The van der Waals surface area contributed by atoms with Gasteiger partial charge in [0.2, 0.25) is 0 Å². The molecule has 0 aliphatic carbocycles. The van der Waals surface area contributed by atoms with E-state index in [1.807, 2.05) is 35.4 Å². The molecule has 0 bridgehead atoms. The number of aromatic nitrogens is 4. The molecule has 0 unspecified atom stereocenters. The van der Waals surface area contributed by atoms with E-state index in [4.69, 9.17) is 15.1 Å². The van der Waals surface area contributed by atoms with Crippen molar-refractivity contribution in [2.45, 2.75) is 26.9 Å². The zero-order valence-corrected chi connectivity index (χ0v) is 16.0. The average Bonchev–Trinajstić information content (AvgIpc) is 2.94. The highest BCUT2D eigenvalue weighted by Crippen LogP contribution is 2.21. The van der Waals surface area contributed by atoms with Gasteiger partial charge in [0.1, 0.15) is 11.1 Å². The van der Waals surface area contributed by atoms with Gasteiger partial charge in [0.25, 0.3) is 0 Å². The molecule has 0 atom stereocenters. The van der Waals surface area contributed by atoms with E-state index in [1.165, 1.54) is 5.56 Å². The Morgan fingerprint density at radius 1 is 1.11 bits per heavy atom. The van der Waals surface area contributed by atoms with Crippen LogP contribution in [0.5, 0.6) is 0 Å². The van der Waals surface area contributed by atoms with Gasteiger partial charge in [0.15, 0.2) is 0 Å². The Balaban J connectivity index is 1.64. The molecule has 4 rings (SSSR count). The maximum Gasteiger partial charge on any atom is 0.146 e. The number of rotatable bonds is 5. The van der Waals surface area contributed by atoms with Crippen molar-refractivity contribution in [3.05, 3.63) is 53.2 Å². The summed E-state index contributed by atoms with van der Waals surface area (Å²) in [4.78, 5) is 11.2. The number of morpholine rings is 1.